The molecule has 1 aromatic carbocycles. The second-order valence-electron chi connectivity index (χ2n) is 4.59. The summed E-state index contributed by atoms with van der Waals surface area (Å²) in [5.74, 6) is 0. The highest BCUT2D eigenvalue weighted by atomic mass is 79.9. The summed E-state index contributed by atoms with van der Waals surface area (Å²) in [6.45, 7) is 0.905. The Hall–Kier alpha value is -1.27. The van der Waals surface area contributed by atoms with Crippen LogP contribution in [0.25, 0.3) is 0 Å². The van der Waals surface area contributed by atoms with E-state index in [0.717, 1.165) is 23.1 Å². The van der Waals surface area contributed by atoms with Crippen LogP contribution in [0.2, 0.25) is 0 Å². The van der Waals surface area contributed by atoms with Gasteiger partial charge in [-0.15, -0.1) is 0 Å². The number of nitrogens with one attached hydrogen (secondary N) is 1. The molecule has 0 bridgehead atoms. The minimum absolute atomic E-state index is 0.696. The number of benzene rings is 1. The van der Waals surface area contributed by atoms with Crippen LogP contribution in [-0.4, -0.2) is 6.54 Å². The molecule has 0 atom stereocenters. The number of nitriles is 1. The van der Waals surface area contributed by atoms with Crippen molar-refractivity contribution in [2.75, 3.05) is 11.9 Å². The van der Waals surface area contributed by atoms with Crippen molar-refractivity contribution in [2.24, 2.45) is 0 Å². The zero-order valence-electron chi connectivity index (χ0n) is 10.4. The van der Waals surface area contributed by atoms with E-state index in [1.807, 2.05) is 18.2 Å². The molecule has 18 heavy (non-hydrogen) atoms. The number of halogens is 1. The Morgan fingerprint density at radius 1 is 1.33 bits per heavy atom. The Balaban J connectivity index is 1.90. The lowest BCUT2D eigenvalue weighted by molar-refractivity contribution is 0.679. The number of allylic oxidation sites excluding steroid dienone is 1. The summed E-state index contributed by atoms with van der Waals surface area (Å²) in [7, 11) is 0. The smallest absolute Gasteiger partial charge is 0.101 e. The van der Waals surface area contributed by atoms with Gasteiger partial charge in [0, 0.05) is 11.0 Å². The zero-order valence-corrected chi connectivity index (χ0v) is 12.0. The lowest BCUT2D eigenvalue weighted by atomic mass is 9.97. The molecule has 1 aliphatic carbocycles. The second-order valence-corrected chi connectivity index (χ2v) is 5.50. The summed E-state index contributed by atoms with van der Waals surface area (Å²) in [5.41, 5.74) is 3.18. The van der Waals surface area contributed by atoms with E-state index in [1.54, 1.807) is 5.57 Å². The highest BCUT2D eigenvalue weighted by Crippen LogP contribution is 2.22. The van der Waals surface area contributed by atoms with E-state index in [-0.39, 0.29) is 0 Å². The van der Waals surface area contributed by atoms with E-state index in [1.165, 1.54) is 25.7 Å². The van der Waals surface area contributed by atoms with E-state index in [0.29, 0.717) is 5.56 Å². The quantitative estimate of drug-likeness (QED) is 0.824. The van der Waals surface area contributed by atoms with Crippen molar-refractivity contribution in [3.8, 4) is 6.07 Å². The minimum Gasteiger partial charge on any atom is -0.384 e. The maximum absolute atomic E-state index is 9.07. The van der Waals surface area contributed by atoms with Crippen LogP contribution in [0.1, 0.15) is 37.7 Å². The van der Waals surface area contributed by atoms with Crippen molar-refractivity contribution >= 4 is 21.6 Å². The molecule has 1 aromatic rings. The first-order valence-electron chi connectivity index (χ1n) is 6.41. The van der Waals surface area contributed by atoms with Crippen LogP contribution in [0.15, 0.2) is 34.3 Å². The van der Waals surface area contributed by atoms with Crippen molar-refractivity contribution in [1.82, 2.24) is 0 Å². The average Bonchev–Trinajstić information content (AvgIpc) is 2.41. The molecule has 0 unspecified atom stereocenters. The molecule has 0 radical (unpaired) electrons. The Bertz CT molecular complexity index is 486. The highest BCUT2D eigenvalue weighted by Gasteiger charge is 2.05. The van der Waals surface area contributed by atoms with Gasteiger partial charge in [0.15, 0.2) is 0 Å². The third kappa shape index (κ3) is 3.61. The third-order valence-corrected chi connectivity index (χ3v) is 3.74. The van der Waals surface area contributed by atoms with E-state index in [2.05, 4.69) is 33.4 Å². The van der Waals surface area contributed by atoms with Crippen molar-refractivity contribution < 1.29 is 0 Å². The molecular weight excluding hydrogens is 288 g/mol. The van der Waals surface area contributed by atoms with Crippen molar-refractivity contribution in [1.29, 1.82) is 5.26 Å². The predicted octanol–water partition coefficient (Wildman–Crippen LogP) is 4.62. The van der Waals surface area contributed by atoms with Crippen molar-refractivity contribution in [2.45, 2.75) is 32.1 Å². The molecule has 0 aromatic heterocycles. The maximum Gasteiger partial charge on any atom is 0.101 e. The summed E-state index contributed by atoms with van der Waals surface area (Å²) in [6, 6.07) is 7.98. The first kappa shape index (κ1) is 13.2. The largest absolute Gasteiger partial charge is 0.384 e. The lowest BCUT2D eigenvalue weighted by Gasteiger charge is -2.14. The fraction of sp³-hybridized carbons (Fsp3) is 0.400. The van der Waals surface area contributed by atoms with Crippen LogP contribution >= 0.6 is 15.9 Å². The van der Waals surface area contributed by atoms with Gasteiger partial charge in [-0.2, -0.15) is 5.26 Å². The van der Waals surface area contributed by atoms with Gasteiger partial charge < -0.3 is 5.32 Å². The van der Waals surface area contributed by atoms with Crippen molar-refractivity contribution in [3.05, 3.63) is 39.9 Å². The van der Waals surface area contributed by atoms with Gasteiger partial charge in [-0.25, -0.2) is 0 Å². The summed E-state index contributed by atoms with van der Waals surface area (Å²) in [4.78, 5) is 0. The van der Waals surface area contributed by atoms with Crippen LogP contribution in [0.3, 0.4) is 0 Å². The molecule has 3 heteroatoms. The summed E-state index contributed by atoms with van der Waals surface area (Å²) >= 11 is 3.38. The summed E-state index contributed by atoms with van der Waals surface area (Å²) in [6.07, 6.45) is 8.60. The maximum atomic E-state index is 9.07. The van der Waals surface area contributed by atoms with Gasteiger partial charge in [-0.3, -0.25) is 0 Å². The predicted molar refractivity (Wildman–Crippen MR) is 78.5 cm³/mol. The molecule has 0 heterocycles. The molecule has 94 valence electrons. The van der Waals surface area contributed by atoms with E-state index in [4.69, 9.17) is 5.26 Å². The molecular formula is C15H17BrN2. The normalized spacial score (nSPS) is 14.8. The number of anilines is 1. The molecule has 0 amide bonds. The SMILES string of the molecule is N#Cc1cc(Br)ccc1NCCC1=CCCCC1. The van der Waals surface area contributed by atoms with Crippen LogP contribution < -0.4 is 5.32 Å². The molecule has 1 N–H and O–H groups in total. The first-order valence-corrected chi connectivity index (χ1v) is 7.20. The van der Waals surface area contributed by atoms with Crippen molar-refractivity contribution in [3.63, 3.8) is 0 Å². The molecule has 0 saturated carbocycles. The van der Waals surface area contributed by atoms with Crippen LogP contribution in [0.5, 0.6) is 0 Å². The van der Waals surface area contributed by atoms with Gasteiger partial charge in [0.2, 0.25) is 0 Å². The third-order valence-electron chi connectivity index (χ3n) is 3.25. The standard InChI is InChI=1S/C15H17BrN2/c16-14-6-7-15(13(10-14)11-17)18-9-8-12-4-2-1-3-5-12/h4,6-7,10,18H,1-3,5,8-9H2. The fourth-order valence-electron chi connectivity index (χ4n) is 2.25. The van der Waals surface area contributed by atoms with E-state index in [9.17, 15) is 0 Å². The Kier molecular flexibility index (Phi) is 4.83. The van der Waals surface area contributed by atoms with Gasteiger partial charge in [-0.1, -0.05) is 27.6 Å². The van der Waals surface area contributed by atoms with Crippen LogP contribution in [0, 0.1) is 11.3 Å². The van der Waals surface area contributed by atoms with Gasteiger partial charge >= 0.3 is 0 Å². The molecule has 1 aliphatic rings. The molecule has 0 fully saturated rings. The molecule has 0 saturated heterocycles. The van der Waals surface area contributed by atoms with Crippen LogP contribution in [-0.2, 0) is 0 Å². The van der Waals surface area contributed by atoms with E-state index < -0.39 is 0 Å². The molecule has 0 aliphatic heterocycles. The number of hydrogen-bond donors (Lipinski definition) is 1. The first-order chi connectivity index (χ1) is 8.79. The van der Waals surface area contributed by atoms with E-state index >= 15 is 0 Å². The number of rotatable bonds is 4. The van der Waals surface area contributed by atoms with Gasteiger partial charge in [0.1, 0.15) is 6.07 Å². The average molecular weight is 305 g/mol. The Morgan fingerprint density at radius 2 is 2.22 bits per heavy atom. The lowest BCUT2D eigenvalue weighted by Crippen LogP contribution is -2.05. The van der Waals surface area contributed by atoms with Crippen LogP contribution in [0.4, 0.5) is 5.69 Å². The topological polar surface area (TPSA) is 35.8 Å². The monoisotopic (exact) mass is 304 g/mol. The zero-order chi connectivity index (χ0) is 12.8. The Morgan fingerprint density at radius 3 is 2.94 bits per heavy atom. The number of nitrogens with zero attached hydrogens (tertiary/aromatic N) is 1. The van der Waals surface area contributed by atoms with Gasteiger partial charge in [-0.05, 0) is 50.3 Å². The number of hydrogen-bond acceptors (Lipinski definition) is 2. The molecule has 0 spiro atoms. The highest BCUT2D eigenvalue weighted by molar-refractivity contribution is 9.10. The molecule has 2 nitrogen and oxygen atoms in total. The summed E-state index contributed by atoms with van der Waals surface area (Å²) < 4.78 is 0.944. The molecule has 2 rings (SSSR count). The second kappa shape index (κ2) is 6.61. The summed E-state index contributed by atoms with van der Waals surface area (Å²) in [5, 5.41) is 12.4. The van der Waals surface area contributed by atoms with Gasteiger partial charge in [0.25, 0.3) is 0 Å². The fourth-order valence-corrected chi connectivity index (χ4v) is 2.61. The Labute approximate surface area is 117 Å². The minimum atomic E-state index is 0.696. The van der Waals surface area contributed by atoms with Gasteiger partial charge in [0.05, 0.1) is 11.3 Å².